The zero-order chi connectivity index (χ0) is 10.7. The van der Waals surface area contributed by atoms with Crippen LogP contribution >= 0.6 is 0 Å². The second-order valence-corrected chi connectivity index (χ2v) is 2.75. The molecule has 0 aromatic heterocycles. The van der Waals surface area contributed by atoms with Gasteiger partial charge in [-0.05, 0) is 26.0 Å². The summed E-state index contributed by atoms with van der Waals surface area (Å²) in [5.41, 5.74) is -0.352. The van der Waals surface area contributed by atoms with Gasteiger partial charge in [0.15, 0.2) is 0 Å². The van der Waals surface area contributed by atoms with Gasteiger partial charge in [0.05, 0.1) is 6.61 Å². The van der Waals surface area contributed by atoms with Crippen molar-refractivity contribution in [2.45, 2.75) is 13.8 Å². The van der Waals surface area contributed by atoms with Crippen LogP contribution in [0.2, 0.25) is 0 Å². The van der Waals surface area contributed by atoms with Crippen molar-refractivity contribution in [1.82, 2.24) is 0 Å². The minimum atomic E-state index is -0.831. The molecule has 0 unspecified atom stereocenters. The maximum Gasteiger partial charge on any atom is 0.341 e. The van der Waals surface area contributed by atoms with Gasteiger partial charge in [-0.1, -0.05) is 0 Å². The fourth-order valence-corrected chi connectivity index (χ4v) is 1.11. The van der Waals surface area contributed by atoms with E-state index in [-0.39, 0.29) is 17.7 Å². The van der Waals surface area contributed by atoms with Gasteiger partial charge in [0.1, 0.15) is 17.2 Å². The molecule has 0 spiro atoms. The van der Waals surface area contributed by atoms with E-state index >= 15 is 0 Å². The number of benzene rings is 1. The highest BCUT2D eigenvalue weighted by Gasteiger charge is 2.18. The number of halogens is 2. The highest BCUT2D eigenvalue weighted by atomic mass is 19.1. The topological polar surface area (TPSA) is 26.3 Å². The lowest BCUT2D eigenvalue weighted by atomic mass is 10.1. The first kappa shape index (κ1) is 10.6. The van der Waals surface area contributed by atoms with Crippen molar-refractivity contribution in [1.29, 1.82) is 0 Å². The van der Waals surface area contributed by atoms with Crippen LogP contribution in [0.4, 0.5) is 8.78 Å². The van der Waals surface area contributed by atoms with Crippen LogP contribution in [-0.2, 0) is 4.74 Å². The molecule has 0 atom stereocenters. The summed E-state index contributed by atoms with van der Waals surface area (Å²) in [5.74, 6) is -2.21. The molecule has 14 heavy (non-hydrogen) atoms. The predicted molar refractivity (Wildman–Crippen MR) is 47.1 cm³/mol. The Bertz CT molecular complexity index is 361. The smallest absolute Gasteiger partial charge is 0.341 e. The van der Waals surface area contributed by atoms with E-state index in [2.05, 4.69) is 4.74 Å². The minimum Gasteiger partial charge on any atom is -0.462 e. The molecule has 2 nitrogen and oxygen atoms in total. The average molecular weight is 200 g/mol. The molecule has 1 rings (SSSR count). The zero-order valence-corrected chi connectivity index (χ0v) is 7.93. The van der Waals surface area contributed by atoms with Crippen LogP contribution in [0.15, 0.2) is 12.1 Å². The van der Waals surface area contributed by atoms with Crippen molar-refractivity contribution in [3.8, 4) is 0 Å². The standard InChI is InChI=1S/C10H10F2O2/c1-3-14-10(13)9-6(2)7(11)4-5-8(9)12/h4-5H,3H2,1-2H3. The number of rotatable bonds is 2. The Hall–Kier alpha value is -1.45. The van der Waals surface area contributed by atoms with Crippen LogP contribution < -0.4 is 0 Å². The van der Waals surface area contributed by atoms with E-state index in [9.17, 15) is 13.6 Å². The monoisotopic (exact) mass is 200 g/mol. The summed E-state index contributed by atoms with van der Waals surface area (Å²) in [7, 11) is 0. The van der Waals surface area contributed by atoms with Crippen LogP contribution in [0.5, 0.6) is 0 Å². The van der Waals surface area contributed by atoms with E-state index in [0.717, 1.165) is 12.1 Å². The lowest BCUT2D eigenvalue weighted by Crippen LogP contribution is -2.10. The number of carbonyl (C=O) groups is 1. The van der Waals surface area contributed by atoms with Crippen molar-refractivity contribution >= 4 is 5.97 Å². The fraction of sp³-hybridized carbons (Fsp3) is 0.300. The summed E-state index contributed by atoms with van der Waals surface area (Å²) in [5, 5.41) is 0. The average Bonchev–Trinajstić information content (AvgIpc) is 2.13. The molecule has 0 N–H and O–H groups in total. The fourth-order valence-electron chi connectivity index (χ4n) is 1.11. The van der Waals surface area contributed by atoms with E-state index in [1.54, 1.807) is 6.92 Å². The first-order valence-electron chi connectivity index (χ1n) is 4.19. The molecule has 0 amide bonds. The summed E-state index contributed by atoms with van der Waals surface area (Å²) < 4.78 is 30.7. The molecular formula is C10H10F2O2. The largest absolute Gasteiger partial charge is 0.462 e. The van der Waals surface area contributed by atoms with E-state index < -0.39 is 17.6 Å². The molecule has 0 aliphatic rings. The van der Waals surface area contributed by atoms with Crippen molar-refractivity contribution in [2.75, 3.05) is 6.61 Å². The molecule has 0 saturated carbocycles. The lowest BCUT2D eigenvalue weighted by Gasteiger charge is -2.06. The summed E-state index contributed by atoms with van der Waals surface area (Å²) in [6.45, 7) is 3.07. The molecule has 1 aromatic carbocycles. The summed E-state index contributed by atoms with van der Waals surface area (Å²) in [6.07, 6.45) is 0. The zero-order valence-electron chi connectivity index (χ0n) is 7.93. The Balaban J connectivity index is 3.18. The molecule has 0 heterocycles. The van der Waals surface area contributed by atoms with Gasteiger partial charge in [0.25, 0.3) is 0 Å². The van der Waals surface area contributed by atoms with Gasteiger partial charge < -0.3 is 4.74 Å². The van der Waals surface area contributed by atoms with Gasteiger partial charge in [-0.3, -0.25) is 0 Å². The van der Waals surface area contributed by atoms with Crippen molar-refractivity contribution in [3.05, 3.63) is 34.9 Å². The molecule has 0 bridgehead atoms. The quantitative estimate of drug-likeness (QED) is 0.685. The Morgan fingerprint density at radius 1 is 1.36 bits per heavy atom. The number of hydrogen-bond acceptors (Lipinski definition) is 2. The summed E-state index contributed by atoms with van der Waals surface area (Å²) in [6, 6.07) is 1.89. The lowest BCUT2D eigenvalue weighted by molar-refractivity contribution is 0.0519. The molecule has 0 radical (unpaired) electrons. The highest BCUT2D eigenvalue weighted by Crippen LogP contribution is 2.17. The van der Waals surface area contributed by atoms with Crippen molar-refractivity contribution < 1.29 is 18.3 Å². The molecular weight excluding hydrogens is 190 g/mol. The second-order valence-electron chi connectivity index (χ2n) is 2.75. The van der Waals surface area contributed by atoms with Gasteiger partial charge in [0.2, 0.25) is 0 Å². The number of ether oxygens (including phenoxy) is 1. The maximum atomic E-state index is 13.1. The van der Waals surface area contributed by atoms with Gasteiger partial charge in [0, 0.05) is 5.56 Å². The van der Waals surface area contributed by atoms with E-state index in [0.29, 0.717) is 0 Å². The number of hydrogen-bond donors (Lipinski definition) is 0. The van der Waals surface area contributed by atoms with Crippen LogP contribution in [0.25, 0.3) is 0 Å². The predicted octanol–water partition coefficient (Wildman–Crippen LogP) is 2.45. The third-order valence-electron chi connectivity index (χ3n) is 1.83. The third-order valence-corrected chi connectivity index (χ3v) is 1.83. The van der Waals surface area contributed by atoms with Crippen molar-refractivity contribution in [3.63, 3.8) is 0 Å². The van der Waals surface area contributed by atoms with Crippen molar-refractivity contribution in [2.24, 2.45) is 0 Å². The van der Waals surface area contributed by atoms with Crippen LogP contribution in [-0.4, -0.2) is 12.6 Å². The molecule has 0 aliphatic carbocycles. The third kappa shape index (κ3) is 1.89. The van der Waals surface area contributed by atoms with Crippen LogP contribution in [0.1, 0.15) is 22.8 Å². The molecule has 1 aromatic rings. The molecule has 76 valence electrons. The summed E-state index contributed by atoms with van der Waals surface area (Å²) in [4.78, 5) is 11.2. The SMILES string of the molecule is CCOC(=O)c1c(F)ccc(F)c1C. The van der Waals surface area contributed by atoms with Gasteiger partial charge in [-0.25, -0.2) is 13.6 Å². The molecule has 0 aliphatic heterocycles. The Morgan fingerprint density at radius 2 is 1.93 bits per heavy atom. The van der Waals surface area contributed by atoms with Crippen LogP contribution in [0, 0.1) is 18.6 Å². The molecule has 0 saturated heterocycles. The highest BCUT2D eigenvalue weighted by molar-refractivity contribution is 5.91. The number of esters is 1. The molecule has 4 heteroatoms. The maximum absolute atomic E-state index is 13.1. The minimum absolute atomic E-state index is 0.0246. The van der Waals surface area contributed by atoms with Crippen LogP contribution in [0.3, 0.4) is 0 Å². The first-order valence-corrected chi connectivity index (χ1v) is 4.19. The second kappa shape index (κ2) is 4.17. The van der Waals surface area contributed by atoms with E-state index in [4.69, 9.17) is 0 Å². The van der Waals surface area contributed by atoms with E-state index in [1.165, 1.54) is 6.92 Å². The first-order chi connectivity index (χ1) is 6.57. The Morgan fingerprint density at radius 3 is 2.50 bits per heavy atom. The normalized spacial score (nSPS) is 10.0. The Labute approximate surface area is 80.5 Å². The van der Waals surface area contributed by atoms with Gasteiger partial charge in [-0.15, -0.1) is 0 Å². The molecule has 0 fully saturated rings. The Kier molecular flexibility index (Phi) is 3.17. The van der Waals surface area contributed by atoms with Gasteiger partial charge >= 0.3 is 5.97 Å². The number of carbonyl (C=O) groups excluding carboxylic acids is 1. The van der Waals surface area contributed by atoms with Gasteiger partial charge in [-0.2, -0.15) is 0 Å². The van der Waals surface area contributed by atoms with E-state index in [1.807, 2.05) is 0 Å². The summed E-state index contributed by atoms with van der Waals surface area (Å²) >= 11 is 0.